The Labute approximate surface area is 153 Å². The number of benzene rings is 1. The van der Waals surface area contributed by atoms with Gasteiger partial charge in [-0.15, -0.1) is 0 Å². The molecule has 0 saturated carbocycles. The van der Waals surface area contributed by atoms with Crippen LogP contribution in [0.4, 0.5) is 5.69 Å². The van der Waals surface area contributed by atoms with Gasteiger partial charge >= 0.3 is 0 Å². The third-order valence-electron chi connectivity index (χ3n) is 4.37. The van der Waals surface area contributed by atoms with Crippen LogP contribution in [0.1, 0.15) is 31.4 Å². The highest BCUT2D eigenvalue weighted by Crippen LogP contribution is 2.29. The van der Waals surface area contributed by atoms with Crippen molar-refractivity contribution in [2.45, 2.75) is 40.2 Å². The highest BCUT2D eigenvalue weighted by molar-refractivity contribution is 7.91. The van der Waals surface area contributed by atoms with Crippen molar-refractivity contribution in [1.82, 2.24) is 5.32 Å². The predicted octanol–water partition coefficient (Wildman–Crippen LogP) is 2.22. The number of amides is 2. The van der Waals surface area contributed by atoms with Crippen molar-refractivity contribution in [3.63, 3.8) is 0 Å². The minimum absolute atomic E-state index is 0.0583. The molecule has 25 heavy (non-hydrogen) atoms. The monoisotopic (exact) mass is 386 g/mol. The van der Waals surface area contributed by atoms with Crippen molar-refractivity contribution in [3.05, 3.63) is 28.3 Å². The fourth-order valence-corrected chi connectivity index (χ4v) is 4.76. The lowest BCUT2D eigenvalue weighted by atomic mass is 9.90. The molecule has 1 heterocycles. The maximum Gasteiger partial charge on any atom is 0.239 e. The minimum atomic E-state index is -3.10. The van der Waals surface area contributed by atoms with Crippen molar-refractivity contribution < 1.29 is 18.0 Å². The van der Waals surface area contributed by atoms with Crippen molar-refractivity contribution >= 4 is 38.9 Å². The molecule has 1 aromatic rings. The summed E-state index contributed by atoms with van der Waals surface area (Å²) in [6.07, 6.45) is 0.370. The summed E-state index contributed by atoms with van der Waals surface area (Å²) in [6, 6.07) is 3.17. The first kappa shape index (κ1) is 19.7. The first-order valence-electron chi connectivity index (χ1n) is 8.02. The van der Waals surface area contributed by atoms with Crippen LogP contribution < -0.4 is 10.6 Å². The third-order valence-corrected chi connectivity index (χ3v) is 6.44. The lowest BCUT2D eigenvalue weighted by molar-refractivity contribution is -0.138. The molecule has 1 fully saturated rings. The molecule has 2 N–H and O–H groups in total. The Balaban J connectivity index is 2.11. The van der Waals surface area contributed by atoms with E-state index in [2.05, 4.69) is 10.6 Å². The molecule has 1 aliphatic rings. The fraction of sp³-hybridized carbons (Fsp3) is 0.529. The van der Waals surface area contributed by atoms with Crippen molar-refractivity contribution in [2.24, 2.45) is 5.41 Å². The topological polar surface area (TPSA) is 92.3 Å². The molecular weight excluding hydrogens is 364 g/mol. The molecule has 1 saturated heterocycles. The number of sulfone groups is 1. The van der Waals surface area contributed by atoms with Gasteiger partial charge in [-0.05, 0) is 51.3 Å². The average molecular weight is 387 g/mol. The van der Waals surface area contributed by atoms with Crippen LogP contribution in [0.3, 0.4) is 0 Å². The molecule has 0 aromatic heterocycles. The molecule has 0 bridgehead atoms. The molecule has 6 nitrogen and oxygen atoms in total. The van der Waals surface area contributed by atoms with Gasteiger partial charge in [0.2, 0.25) is 11.8 Å². The second kappa shape index (κ2) is 6.96. The summed E-state index contributed by atoms with van der Waals surface area (Å²) in [4.78, 5) is 25.1. The molecule has 0 spiro atoms. The van der Waals surface area contributed by atoms with Gasteiger partial charge in [0, 0.05) is 6.04 Å². The number of hydrogen-bond acceptors (Lipinski definition) is 4. The second-order valence-electron chi connectivity index (χ2n) is 7.09. The molecule has 8 heteroatoms. The first-order chi connectivity index (χ1) is 11.4. The maximum atomic E-state index is 12.6. The van der Waals surface area contributed by atoms with E-state index < -0.39 is 33.1 Å². The van der Waals surface area contributed by atoms with Crippen molar-refractivity contribution in [2.75, 3.05) is 16.8 Å². The van der Waals surface area contributed by atoms with Gasteiger partial charge in [0.05, 0.1) is 22.2 Å². The normalized spacial score (nSPS) is 19.5. The van der Waals surface area contributed by atoms with Crippen molar-refractivity contribution in [3.8, 4) is 0 Å². The Bertz CT molecular complexity index is 795. The maximum absolute atomic E-state index is 12.6. The highest BCUT2D eigenvalue weighted by Gasteiger charge is 2.39. The molecule has 1 aromatic carbocycles. The fourth-order valence-electron chi connectivity index (χ4n) is 2.72. The zero-order chi connectivity index (χ0) is 19.0. The van der Waals surface area contributed by atoms with Crippen molar-refractivity contribution in [1.29, 1.82) is 0 Å². The summed E-state index contributed by atoms with van der Waals surface area (Å²) in [5, 5.41) is 5.79. The SMILES string of the molecule is Cc1cc(C)c(NC(=O)C(C)(C)C(=O)NC2CCS(=O)(=O)C2)c(Cl)c1. The Kier molecular flexibility index (Phi) is 5.49. The Morgan fingerprint density at radius 2 is 1.84 bits per heavy atom. The van der Waals surface area contributed by atoms with Crippen LogP contribution in [0, 0.1) is 19.3 Å². The highest BCUT2D eigenvalue weighted by atomic mass is 35.5. The van der Waals surface area contributed by atoms with Gasteiger partial charge in [-0.3, -0.25) is 9.59 Å². The summed E-state index contributed by atoms with van der Waals surface area (Å²) in [7, 11) is -3.10. The van der Waals surface area contributed by atoms with E-state index in [1.165, 1.54) is 13.8 Å². The number of aryl methyl sites for hydroxylation is 2. The van der Waals surface area contributed by atoms with Gasteiger partial charge < -0.3 is 10.6 Å². The van der Waals surface area contributed by atoms with E-state index in [4.69, 9.17) is 11.6 Å². The summed E-state index contributed by atoms with van der Waals surface area (Å²) in [5.41, 5.74) is 0.880. The molecule has 2 amide bonds. The van der Waals surface area contributed by atoms with Gasteiger partial charge in [-0.1, -0.05) is 17.7 Å². The molecule has 1 atom stereocenters. The van der Waals surface area contributed by atoms with Gasteiger partial charge in [0.1, 0.15) is 5.41 Å². The third kappa shape index (κ3) is 4.52. The van der Waals surface area contributed by atoms with E-state index in [1.807, 2.05) is 19.9 Å². The van der Waals surface area contributed by atoms with Gasteiger partial charge in [-0.2, -0.15) is 0 Å². The van der Waals surface area contributed by atoms with Crippen LogP contribution in [-0.4, -0.2) is 37.8 Å². The second-order valence-corrected chi connectivity index (χ2v) is 9.73. The molecule has 138 valence electrons. The van der Waals surface area contributed by atoms with Crippen LogP contribution in [-0.2, 0) is 19.4 Å². The summed E-state index contributed by atoms with van der Waals surface area (Å²) >= 11 is 6.20. The number of carbonyl (C=O) groups excluding carboxylic acids is 2. The molecule has 2 rings (SSSR count). The van der Waals surface area contributed by atoms with Gasteiger partial charge in [0.15, 0.2) is 9.84 Å². The first-order valence-corrected chi connectivity index (χ1v) is 10.2. The smallest absolute Gasteiger partial charge is 0.239 e. The van der Waals surface area contributed by atoms with Crippen LogP contribution in [0.25, 0.3) is 0 Å². The zero-order valence-corrected chi connectivity index (χ0v) is 16.3. The van der Waals surface area contributed by atoms with E-state index in [0.29, 0.717) is 17.1 Å². The number of nitrogens with one attached hydrogen (secondary N) is 2. The number of rotatable bonds is 4. The van der Waals surface area contributed by atoms with Crippen LogP contribution >= 0.6 is 11.6 Å². The molecule has 0 aliphatic carbocycles. The van der Waals surface area contributed by atoms with Gasteiger partial charge in [0.25, 0.3) is 0 Å². The average Bonchev–Trinajstić information content (AvgIpc) is 2.81. The number of anilines is 1. The molecule has 1 aliphatic heterocycles. The largest absolute Gasteiger partial charge is 0.351 e. The zero-order valence-electron chi connectivity index (χ0n) is 14.8. The van der Waals surface area contributed by atoms with E-state index in [-0.39, 0.29) is 11.5 Å². The Morgan fingerprint density at radius 3 is 2.36 bits per heavy atom. The molecular formula is C17H23ClN2O4S. The van der Waals surface area contributed by atoms with E-state index >= 15 is 0 Å². The number of carbonyl (C=O) groups is 2. The lowest BCUT2D eigenvalue weighted by Gasteiger charge is -2.25. The standard InChI is InChI=1S/C17H23ClN2O4S/c1-10-7-11(2)14(13(18)8-10)20-16(22)17(3,4)15(21)19-12-5-6-25(23,24)9-12/h7-8,12H,5-6,9H2,1-4H3,(H,19,21)(H,20,22). The Hall–Kier alpha value is -1.60. The molecule has 1 unspecified atom stereocenters. The quantitative estimate of drug-likeness (QED) is 0.776. The predicted molar refractivity (Wildman–Crippen MR) is 98.5 cm³/mol. The number of hydrogen-bond donors (Lipinski definition) is 2. The van der Waals surface area contributed by atoms with Crippen LogP contribution in [0.5, 0.6) is 0 Å². The van der Waals surface area contributed by atoms with Crippen LogP contribution in [0.2, 0.25) is 5.02 Å². The summed E-state index contributed by atoms with van der Waals surface area (Å²) in [5.74, 6) is -1.03. The lowest BCUT2D eigenvalue weighted by Crippen LogP contribution is -2.49. The van der Waals surface area contributed by atoms with E-state index in [9.17, 15) is 18.0 Å². The Morgan fingerprint density at radius 1 is 1.20 bits per heavy atom. The minimum Gasteiger partial charge on any atom is -0.351 e. The van der Waals surface area contributed by atoms with Gasteiger partial charge in [-0.25, -0.2) is 8.42 Å². The summed E-state index contributed by atoms with van der Waals surface area (Å²) < 4.78 is 23.0. The van der Waals surface area contributed by atoms with E-state index in [0.717, 1.165) is 11.1 Å². The number of halogens is 1. The van der Waals surface area contributed by atoms with E-state index in [1.54, 1.807) is 6.07 Å². The summed E-state index contributed by atoms with van der Waals surface area (Å²) in [6.45, 7) is 6.72. The molecule has 0 radical (unpaired) electrons. The van der Waals surface area contributed by atoms with Crippen LogP contribution in [0.15, 0.2) is 12.1 Å².